The SMILES string of the molecule is CCC1CCC(CN)(OCc2cncc(C)c2)CC1. The van der Waals surface area contributed by atoms with Gasteiger partial charge in [-0.25, -0.2) is 0 Å². The molecule has 0 aliphatic heterocycles. The van der Waals surface area contributed by atoms with Gasteiger partial charge >= 0.3 is 0 Å². The minimum absolute atomic E-state index is 0.102. The Morgan fingerprint density at radius 1 is 1.37 bits per heavy atom. The quantitative estimate of drug-likeness (QED) is 0.886. The molecule has 0 amide bonds. The van der Waals surface area contributed by atoms with Gasteiger partial charge in [0, 0.05) is 18.9 Å². The van der Waals surface area contributed by atoms with Crippen LogP contribution < -0.4 is 5.73 Å². The first-order valence-corrected chi connectivity index (χ1v) is 7.42. The largest absolute Gasteiger partial charge is 0.369 e. The molecule has 0 radical (unpaired) electrons. The molecule has 1 heterocycles. The van der Waals surface area contributed by atoms with E-state index in [2.05, 4.69) is 24.9 Å². The van der Waals surface area contributed by atoms with Crippen LogP contribution in [0.1, 0.15) is 50.2 Å². The molecular formula is C16H26N2O. The van der Waals surface area contributed by atoms with Crippen molar-refractivity contribution >= 4 is 0 Å². The van der Waals surface area contributed by atoms with Gasteiger partial charge in [0.05, 0.1) is 12.2 Å². The van der Waals surface area contributed by atoms with Crippen LogP contribution in [0.2, 0.25) is 0 Å². The van der Waals surface area contributed by atoms with E-state index >= 15 is 0 Å². The van der Waals surface area contributed by atoms with E-state index in [-0.39, 0.29) is 5.60 Å². The van der Waals surface area contributed by atoms with Gasteiger partial charge in [-0.3, -0.25) is 4.98 Å². The summed E-state index contributed by atoms with van der Waals surface area (Å²) < 4.78 is 6.19. The fraction of sp³-hybridized carbons (Fsp3) is 0.688. The Bertz CT molecular complexity index is 397. The zero-order valence-electron chi connectivity index (χ0n) is 12.2. The topological polar surface area (TPSA) is 48.1 Å². The predicted molar refractivity (Wildman–Crippen MR) is 77.8 cm³/mol. The van der Waals surface area contributed by atoms with Gasteiger partial charge < -0.3 is 10.5 Å². The third-order valence-electron chi connectivity index (χ3n) is 4.44. The molecule has 0 atom stereocenters. The van der Waals surface area contributed by atoms with Gasteiger partial charge in [0.15, 0.2) is 0 Å². The second-order valence-electron chi connectivity index (χ2n) is 5.90. The van der Waals surface area contributed by atoms with E-state index in [4.69, 9.17) is 10.5 Å². The van der Waals surface area contributed by atoms with Crippen LogP contribution in [0.3, 0.4) is 0 Å². The summed E-state index contributed by atoms with van der Waals surface area (Å²) in [6, 6.07) is 2.13. The highest BCUT2D eigenvalue weighted by atomic mass is 16.5. The molecular weight excluding hydrogens is 236 g/mol. The van der Waals surface area contributed by atoms with Crippen LogP contribution in [0.4, 0.5) is 0 Å². The van der Waals surface area contributed by atoms with Gasteiger partial charge in [-0.2, -0.15) is 0 Å². The number of hydrogen-bond donors (Lipinski definition) is 1. The summed E-state index contributed by atoms with van der Waals surface area (Å²) in [5, 5.41) is 0. The molecule has 1 saturated carbocycles. The van der Waals surface area contributed by atoms with E-state index in [1.54, 1.807) is 0 Å². The standard InChI is InChI=1S/C16H26N2O/c1-3-14-4-6-16(12-17,7-5-14)19-11-15-8-13(2)9-18-10-15/h8-10,14H,3-7,11-12,17H2,1-2H3. The van der Waals surface area contributed by atoms with Crippen molar-refractivity contribution in [3.63, 3.8) is 0 Å². The van der Waals surface area contributed by atoms with Crippen LogP contribution in [0.25, 0.3) is 0 Å². The molecule has 0 aromatic carbocycles. The van der Waals surface area contributed by atoms with Crippen molar-refractivity contribution < 1.29 is 4.74 Å². The Balaban J connectivity index is 1.92. The zero-order valence-corrected chi connectivity index (χ0v) is 12.2. The van der Waals surface area contributed by atoms with Gasteiger partial charge in [-0.05, 0) is 49.7 Å². The van der Waals surface area contributed by atoms with Crippen LogP contribution >= 0.6 is 0 Å². The Morgan fingerprint density at radius 2 is 2.11 bits per heavy atom. The smallest absolute Gasteiger partial charge is 0.0808 e. The molecule has 1 aliphatic carbocycles. The summed E-state index contributed by atoms with van der Waals surface area (Å²) in [5.74, 6) is 0.865. The Kier molecular flexibility index (Phi) is 4.94. The minimum atomic E-state index is -0.102. The maximum Gasteiger partial charge on any atom is 0.0808 e. The third kappa shape index (κ3) is 3.77. The van der Waals surface area contributed by atoms with Crippen molar-refractivity contribution in [3.05, 3.63) is 29.6 Å². The number of ether oxygens (including phenoxy) is 1. The van der Waals surface area contributed by atoms with E-state index in [1.807, 2.05) is 12.4 Å². The molecule has 0 bridgehead atoms. The van der Waals surface area contributed by atoms with Crippen molar-refractivity contribution in [1.82, 2.24) is 4.98 Å². The third-order valence-corrected chi connectivity index (χ3v) is 4.44. The van der Waals surface area contributed by atoms with E-state index in [0.717, 1.165) is 24.3 Å². The molecule has 3 nitrogen and oxygen atoms in total. The minimum Gasteiger partial charge on any atom is -0.369 e. The number of rotatable bonds is 5. The molecule has 1 aromatic rings. The first-order valence-electron chi connectivity index (χ1n) is 7.42. The molecule has 19 heavy (non-hydrogen) atoms. The monoisotopic (exact) mass is 262 g/mol. The van der Waals surface area contributed by atoms with Gasteiger partial charge in [0.1, 0.15) is 0 Å². The van der Waals surface area contributed by atoms with Crippen molar-refractivity contribution in [2.45, 2.75) is 58.2 Å². The molecule has 0 saturated heterocycles. The van der Waals surface area contributed by atoms with E-state index < -0.39 is 0 Å². The fourth-order valence-electron chi connectivity index (χ4n) is 2.95. The lowest BCUT2D eigenvalue weighted by Crippen LogP contribution is -2.43. The second-order valence-corrected chi connectivity index (χ2v) is 5.90. The highest BCUT2D eigenvalue weighted by Crippen LogP contribution is 2.36. The summed E-state index contributed by atoms with van der Waals surface area (Å²) in [6.07, 6.45) is 9.73. The van der Waals surface area contributed by atoms with E-state index in [1.165, 1.54) is 24.8 Å². The normalized spacial score (nSPS) is 27.4. The molecule has 1 aliphatic rings. The summed E-state index contributed by atoms with van der Waals surface area (Å²) in [5.41, 5.74) is 8.20. The molecule has 0 unspecified atom stereocenters. The number of aryl methyl sites for hydroxylation is 1. The second kappa shape index (κ2) is 6.49. The van der Waals surface area contributed by atoms with Crippen LogP contribution in [0.15, 0.2) is 18.5 Å². The molecule has 3 heteroatoms. The first-order chi connectivity index (χ1) is 9.17. The molecule has 0 spiro atoms. The summed E-state index contributed by atoms with van der Waals surface area (Å²) in [7, 11) is 0. The number of nitrogens with zero attached hydrogens (tertiary/aromatic N) is 1. The Morgan fingerprint density at radius 3 is 2.68 bits per heavy atom. The van der Waals surface area contributed by atoms with Crippen molar-refractivity contribution in [2.24, 2.45) is 11.7 Å². The van der Waals surface area contributed by atoms with E-state index in [0.29, 0.717) is 13.2 Å². The highest BCUT2D eigenvalue weighted by Gasteiger charge is 2.34. The average Bonchev–Trinajstić information content (AvgIpc) is 2.46. The number of aromatic nitrogens is 1. The molecule has 1 fully saturated rings. The van der Waals surface area contributed by atoms with E-state index in [9.17, 15) is 0 Å². The average molecular weight is 262 g/mol. The molecule has 1 aromatic heterocycles. The van der Waals surface area contributed by atoms with Crippen LogP contribution in [0, 0.1) is 12.8 Å². The van der Waals surface area contributed by atoms with Gasteiger partial charge in [-0.1, -0.05) is 19.4 Å². The van der Waals surface area contributed by atoms with Crippen molar-refractivity contribution in [1.29, 1.82) is 0 Å². The van der Waals surface area contributed by atoms with Crippen LogP contribution in [0.5, 0.6) is 0 Å². The number of hydrogen-bond acceptors (Lipinski definition) is 3. The number of pyridine rings is 1. The Labute approximate surface area is 116 Å². The van der Waals surface area contributed by atoms with Crippen molar-refractivity contribution in [2.75, 3.05) is 6.54 Å². The van der Waals surface area contributed by atoms with Crippen LogP contribution in [-0.2, 0) is 11.3 Å². The van der Waals surface area contributed by atoms with Gasteiger partial charge in [0.25, 0.3) is 0 Å². The summed E-state index contributed by atoms with van der Waals surface area (Å²) >= 11 is 0. The van der Waals surface area contributed by atoms with Gasteiger partial charge in [0.2, 0.25) is 0 Å². The first kappa shape index (κ1) is 14.5. The summed E-state index contributed by atoms with van der Waals surface area (Å²) in [4.78, 5) is 4.21. The Hall–Kier alpha value is -0.930. The fourth-order valence-corrected chi connectivity index (χ4v) is 2.95. The highest BCUT2D eigenvalue weighted by molar-refractivity contribution is 5.15. The van der Waals surface area contributed by atoms with Crippen molar-refractivity contribution in [3.8, 4) is 0 Å². The lowest BCUT2D eigenvalue weighted by atomic mass is 9.77. The molecule has 2 rings (SSSR count). The summed E-state index contributed by atoms with van der Waals surface area (Å²) in [6.45, 7) is 5.59. The molecule has 106 valence electrons. The maximum absolute atomic E-state index is 6.19. The maximum atomic E-state index is 6.19. The molecule has 2 N–H and O–H groups in total. The lowest BCUT2D eigenvalue weighted by molar-refractivity contribution is -0.0813. The zero-order chi connectivity index (χ0) is 13.7. The van der Waals surface area contributed by atoms with Gasteiger partial charge in [-0.15, -0.1) is 0 Å². The predicted octanol–water partition coefficient (Wildman–Crippen LogP) is 3.20. The van der Waals surface area contributed by atoms with Crippen LogP contribution in [-0.4, -0.2) is 17.1 Å². The lowest BCUT2D eigenvalue weighted by Gasteiger charge is -2.39. The number of nitrogens with two attached hydrogens (primary N) is 1.